The third-order valence-corrected chi connectivity index (χ3v) is 7.40. The number of amides is 1. The van der Waals surface area contributed by atoms with Crippen LogP contribution in [0.3, 0.4) is 0 Å². The van der Waals surface area contributed by atoms with Crippen molar-refractivity contribution in [2.24, 2.45) is 4.99 Å². The normalized spacial score (nSPS) is 23.0. The number of ether oxygens (including phenoxy) is 1. The molecule has 0 saturated carbocycles. The number of carbonyl (C=O) groups excluding carboxylic acids is 1. The van der Waals surface area contributed by atoms with Crippen molar-refractivity contribution in [3.63, 3.8) is 0 Å². The number of methoxy groups -OCH3 is 1. The Labute approximate surface area is 219 Å². The quantitative estimate of drug-likeness (QED) is 0.465. The molecule has 4 heterocycles. The minimum absolute atomic E-state index is 0.0336. The van der Waals surface area contributed by atoms with E-state index in [2.05, 4.69) is 25.4 Å². The molecule has 3 N–H and O–H groups in total. The van der Waals surface area contributed by atoms with Gasteiger partial charge in [-0.05, 0) is 42.8 Å². The van der Waals surface area contributed by atoms with Crippen molar-refractivity contribution >= 4 is 28.6 Å². The van der Waals surface area contributed by atoms with E-state index in [1.165, 1.54) is 13.2 Å². The van der Waals surface area contributed by atoms with Crippen molar-refractivity contribution in [2.45, 2.75) is 31.3 Å². The fourth-order valence-corrected chi connectivity index (χ4v) is 5.31. The smallest absolute Gasteiger partial charge is 0.251 e. The average molecular weight is 517 g/mol. The van der Waals surface area contributed by atoms with Crippen molar-refractivity contribution in [1.29, 1.82) is 0 Å². The number of fused-ring (bicyclic) bond motifs is 2. The van der Waals surface area contributed by atoms with Gasteiger partial charge in [0.2, 0.25) is 0 Å². The summed E-state index contributed by atoms with van der Waals surface area (Å²) in [6.07, 6.45) is 7.77. The van der Waals surface area contributed by atoms with Crippen LogP contribution in [-0.2, 0) is 6.54 Å². The third kappa shape index (κ3) is 4.57. The fraction of sp³-hybridized carbons (Fsp3) is 0.321. The summed E-state index contributed by atoms with van der Waals surface area (Å²) in [6.45, 7) is 2.05. The van der Waals surface area contributed by atoms with Gasteiger partial charge in [0.25, 0.3) is 5.91 Å². The molecule has 3 aromatic rings. The van der Waals surface area contributed by atoms with E-state index >= 15 is 0 Å². The van der Waals surface area contributed by atoms with Gasteiger partial charge in [-0.15, -0.1) is 0 Å². The van der Waals surface area contributed by atoms with E-state index < -0.39 is 12.1 Å². The van der Waals surface area contributed by atoms with Crippen LogP contribution in [0.1, 0.15) is 28.0 Å². The molecule has 1 aromatic heterocycles. The number of aliphatic imine (C=N–C) groups is 1. The highest BCUT2D eigenvalue weighted by molar-refractivity contribution is 6.01. The number of aromatic nitrogens is 2. The van der Waals surface area contributed by atoms with E-state index in [1.54, 1.807) is 18.2 Å². The first-order valence-electron chi connectivity index (χ1n) is 12.7. The Morgan fingerprint density at radius 1 is 1.32 bits per heavy atom. The standard InChI is InChI=1S/C28H29FN6O3/c1-38-25-4-2-3-21(29)20(25)15-34-11-9-24(36)23(16-34)31-28(37)17-5-7-22-19(13-17)27(33-32-22)18-6-8-26-30-10-12-35(26)14-18/h2-8,10,13-14,23-24,26,36H,9,11-12,15-16H2,1H3,(H,31,37)(H,32,33). The Hall–Kier alpha value is -4.02. The molecule has 1 fully saturated rings. The van der Waals surface area contributed by atoms with Crippen LogP contribution in [-0.4, -0.2) is 82.3 Å². The number of benzene rings is 2. The molecule has 10 heteroatoms. The summed E-state index contributed by atoms with van der Waals surface area (Å²) in [5, 5.41) is 22.0. The van der Waals surface area contributed by atoms with Gasteiger partial charge in [0, 0.05) is 54.1 Å². The number of aliphatic hydroxyl groups is 1. The van der Waals surface area contributed by atoms with Gasteiger partial charge in [-0.1, -0.05) is 12.1 Å². The fourth-order valence-electron chi connectivity index (χ4n) is 5.31. The molecule has 3 aliphatic rings. The molecule has 1 saturated heterocycles. The van der Waals surface area contributed by atoms with Crippen LogP contribution in [0.4, 0.5) is 4.39 Å². The number of allylic oxidation sites excluding steroid dienone is 2. The van der Waals surface area contributed by atoms with Crippen LogP contribution in [0.5, 0.6) is 5.75 Å². The summed E-state index contributed by atoms with van der Waals surface area (Å²) in [5.41, 5.74) is 3.47. The van der Waals surface area contributed by atoms with E-state index in [9.17, 15) is 14.3 Å². The van der Waals surface area contributed by atoms with Crippen LogP contribution >= 0.6 is 0 Å². The Bertz CT molecular complexity index is 1460. The molecule has 3 unspecified atom stereocenters. The maximum Gasteiger partial charge on any atom is 0.251 e. The molecule has 0 spiro atoms. The number of H-pyrrole nitrogens is 1. The van der Waals surface area contributed by atoms with E-state index in [1.807, 2.05) is 41.6 Å². The molecule has 3 atom stereocenters. The molecule has 9 nitrogen and oxygen atoms in total. The maximum atomic E-state index is 14.5. The number of piperidine rings is 1. The van der Waals surface area contributed by atoms with Gasteiger partial charge in [0.1, 0.15) is 23.4 Å². The number of aliphatic hydroxyl groups excluding tert-OH is 1. The molecule has 0 bridgehead atoms. The lowest BCUT2D eigenvalue weighted by Crippen LogP contribution is -2.54. The number of halogens is 1. The van der Waals surface area contributed by atoms with E-state index in [-0.39, 0.29) is 17.9 Å². The number of hydrogen-bond acceptors (Lipinski definition) is 7. The van der Waals surface area contributed by atoms with Gasteiger partial charge in [-0.25, -0.2) is 4.39 Å². The Morgan fingerprint density at radius 2 is 2.21 bits per heavy atom. The second kappa shape index (κ2) is 10.0. The molecule has 38 heavy (non-hydrogen) atoms. The predicted molar refractivity (Wildman–Crippen MR) is 142 cm³/mol. The maximum absolute atomic E-state index is 14.5. The molecule has 3 aliphatic heterocycles. The number of nitrogens with one attached hydrogen (secondary N) is 2. The van der Waals surface area contributed by atoms with Crippen molar-refractivity contribution in [2.75, 3.05) is 26.7 Å². The second-order valence-electron chi connectivity index (χ2n) is 9.81. The highest BCUT2D eigenvalue weighted by Gasteiger charge is 2.30. The van der Waals surface area contributed by atoms with Gasteiger partial charge in [-0.3, -0.25) is 19.8 Å². The molecule has 1 amide bonds. The van der Waals surface area contributed by atoms with Gasteiger partial charge < -0.3 is 20.1 Å². The highest BCUT2D eigenvalue weighted by Crippen LogP contribution is 2.29. The average Bonchev–Trinajstić information content (AvgIpc) is 3.57. The first-order chi connectivity index (χ1) is 18.5. The predicted octanol–water partition coefficient (Wildman–Crippen LogP) is 2.70. The molecule has 0 aliphatic carbocycles. The number of likely N-dealkylation sites (tertiary alicyclic amines) is 1. The molecule has 196 valence electrons. The molecular formula is C28H29FN6O3. The van der Waals surface area contributed by atoms with E-state index in [0.717, 1.165) is 28.7 Å². The first kappa shape index (κ1) is 24.3. The lowest BCUT2D eigenvalue weighted by molar-refractivity contribution is 0.0404. The Morgan fingerprint density at radius 3 is 3.08 bits per heavy atom. The lowest BCUT2D eigenvalue weighted by Gasteiger charge is -2.36. The van der Waals surface area contributed by atoms with Crippen LogP contribution in [0, 0.1) is 5.82 Å². The summed E-state index contributed by atoms with van der Waals surface area (Å²) in [6, 6.07) is 9.66. The first-order valence-corrected chi connectivity index (χ1v) is 12.7. The van der Waals surface area contributed by atoms with Crippen molar-refractivity contribution in [1.82, 2.24) is 25.3 Å². The van der Waals surface area contributed by atoms with Gasteiger partial charge >= 0.3 is 0 Å². The zero-order chi connectivity index (χ0) is 26.2. The number of hydrogen-bond donors (Lipinski definition) is 3. The zero-order valence-corrected chi connectivity index (χ0v) is 21.0. The number of carbonyl (C=O) groups is 1. The topological polar surface area (TPSA) is 106 Å². The summed E-state index contributed by atoms with van der Waals surface area (Å²) in [7, 11) is 1.52. The molecular weight excluding hydrogens is 487 g/mol. The number of aromatic amines is 1. The minimum Gasteiger partial charge on any atom is -0.496 e. The van der Waals surface area contributed by atoms with Crippen molar-refractivity contribution in [3.8, 4) is 5.75 Å². The molecule has 6 rings (SSSR count). The number of nitrogens with zero attached hydrogens (tertiary/aromatic N) is 4. The van der Waals surface area contributed by atoms with Gasteiger partial charge in [-0.2, -0.15) is 5.10 Å². The van der Waals surface area contributed by atoms with Crippen LogP contribution < -0.4 is 10.1 Å². The monoisotopic (exact) mass is 516 g/mol. The van der Waals surface area contributed by atoms with E-state index in [0.29, 0.717) is 42.9 Å². The number of rotatable bonds is 6. The van der Waals surface area contributed by atoms with Gasteiger partial charge in [0.15, 0.2) is 0 Å². The van der Waals surface area contributed by atoms with Crippen molar-refractivity contribution in [3.05, 3.63) is 77.4 Å². The van der Waals surface area contributed by atoms with Crippen molar-refractivity contribution < 1.29 is 19.0 Å². The summed E-state index contributed by atoms with van der Waals surface area (Å²) < 4.78 is 19.8. The van der Waals surface area contributed by atoms with Gasteiger partial charge in [0.05, 0.1) is 31.3 Å². The third-order valence-electron chi connectivity index (χ3n) is 7.40. The summed E-state index contributed by atoms with van der Waals surface area (Å²) in [4.78, 5) is 21.8. The van der Waals surface area contributed by atoms with Crippen LogP contribution in [0.15, 0.2) is 59.7 Å². The second-order valence-corrected chi connectivity index (χ2v) is 9.81. The summed E-state index contributed by atoms with van der Waals surface area (Å²) >= 11 is 0. The SMILES string of the molecule is COc1cccc(F)c1CN1CCC(O)C(NC(=O)c2ccc3[nH]nc(C4=CN5CC=NC5C=C4)c3c2)C1. The van der Waals surface area contributed by atoms with Crippen LogP contribution in [0.25, 0.3) is 16.5 Å². The highest BCUT2D eigenvalue weighted by atomic mass is 19.1. The molecule has 0 radical (unpaired) electrons. The Balaban J connectivity index is 1.18. The Kier molecular flexibility index (Phi) is 6.42. The van der Waals surface area contributed by atoms with E-state index in [4.69, 9.17) is 4.74 Å². The lowest BCUT2D eigenvalue weighted by atomic mass is 10.00. The van der Waals surface area contributed by atoms with Crippen LogP contribution in [0.2, 0.25) is 0 Å². The largest absolute Gasteiger partial charge is 0.496 e. The summed E-state index contributed by atoms with van der Waals surface area (Å²) in [5.74, 6) is -0.137. The minimum atomic E-state index is -0.695. The zero-order valence-electron chi connectivity index (χ0n) is 21.0. The molecule has 2 aromatic carbocycles.